The van der Waals surface area contributed by atoms with E-state index in [-0.39, 0.29) is 43.3 Å². The third kappa shape index (κ3) is 13.3. The van der Waals surface area contributed by atoms with Crippen molar-refractivity contribution in [2.45, 2.75) is 209 Å². The molecule has 4 aromatic rings. The summed E-state index contributed by atoms with van der Waals surface area (Å²) in [4.78, 5) is 0. The fraction of sp³-hybridized carbons (Fsp3) is 0.567. The standard InChI is InChI=1S/C60H90P2/c1-40(38-61(49-30-41(53(2,3)4)26-42(31-49)54(5,6)7)50-32-43(55(8,9)10)27-44(33-50)56(11,12)13)39-62(51-34-45(57(14,15)16)28-46(35-51)58(17,18)19)52-36-47(59(20,21)22)29-48(37-52)60(23,24)25/h26-37H,1,38-39H2,2-25H3. The van der Waals surface area contributed by atoms with Gasteiger partial charge in [-0.05, 0) is 137 Å². The summed E-state index contributed by atoms with van der Waals surface area (Å²) in [5, 5.41) is 5.90. The van der Waals surface area contributed by atoms with Gasteiger partial charge in [-0.25, -0.2) is 0 Å². The Kier molecular flexibility index (Phi) is 14.9. The Bertz CT molecular complexity index is 1780. The largest absolute Gasteiger partial charge is 0.0991 e. The van der Waals surface area contributed by atoms with Crippen molar-refractivity contribution in [1.82, 2.24) is 0 Å². The van der Waals surface area contributed by atoms with Gasteiger partial charge >= 0.3 is 0 Å². The minimum absolute atomic E-state index is 0.0256. The summed E-state index contributed by atoms with van der Waals surface area (Å²) in [7, 11) is -1.60. The Morgan fingerprint density at radius 1 is 0.274 bits per heavy atom. The normalized spacial score (nSPS) is 14.0. The van der Waals surface area contributed by atoms with E-state index in [0.717, 1.165) is 12.3 Å². The van der Waals surface area contributed by atoms with E-state index in [1.165, 1.54) is 71.3 Å². The van der Waals surface area contributed by atoms with Crippen molar-refractivity contribution in [3.05, 3.63) is 129 Å². The molecule has 4 aromatic carbocycles. The summed E-state index contributed by atoms with van der Waals surface area (Å²) in [6, 6.07) is 30.5. The zero-order valence-electron chi connectivity index (χ0n) is 44.4. The molecule has 0 radical (unpaired) electrons. The molecule has 0 aliphatic heterocycles. The Labute approximate surface area is 386 Å². The zero-order valence-corrected chi connectivity index (χ0v) is 46.2. The Balaban J connectivity index is 2.10. The fourth-order valence-corrected chi connectivity index (χ4v) is 12.7. The van der Waals surface area contributed by atoms with E-state index < -0.39 is 15.8 Å². The van der Waals surface area contributed by atoms with Crippen LogP contribution in [-0.2, 0) is 43.3 Å². The molecule has 0 saturated heterocycles. The molecule has 0 atom stereocenters. The molecule has 0 spiro atoms. The topological polar surface area (TPSA) is 0 Å². The SMILES string of the molecule is C=C(CP(c1cc(C(C)(C)C)cc(C(C)(C)C)c1)c1cc(C(C)(C)C)cc(C(C)(C)C)c1)CP(c1cc(C(C)(C)C)cc(C(C)(C)C)c1)c1cc(C(C)(C)C)cc(C(C)(C)C)c1. The van der Waals surface area contributed by atoms with Crippen molar-refractivity contribution in [1.29, 1.82) is 0 Å². The van der Waals surface area contributed by atoms with E-state index in [1.807, 2.05) is 0 Å². The first-order chi connectivity index (χ1) is 27.7. The molecule has 0 aliphatic rings. The summed E-state index contributed by atoms with van der Waals surface area (Å²) in [6.07, 6.45) is 1.91. The van der Waals surface area contributed by atoms with Crippen molar-refractivity contribution >= 4 is 37.1 Å². The van der Waals surface area contributed by atoms with Crippen molar-refractivity contribution in [2.24, 2.45) is 0 Å². The predicted molar refractivity (Wildman–Crippen MR) is 287 cm³/mol. The monoisotopic (exact) mass is 873 g/mol. The highest BCUT2D eigenvalue weighted by Crippen LogP contribution is 2.46. The van der Waals surface area contributed by atoms with Crippen LogP contribution in [0.4, 0.5) is 0 Å². The van der Waals surface area contributed by atoms with Gasteiger partial charge < -0.3 is 0 Å². The van der Waals surface area contributed by atoms with Crippen LogP contribution in [0.2, 0.25) is 0 Å². The minimum atomic E-state index is -0.800. The van der Waals surface area contributed by atoms with Crippen LogP contribution >= 0.6 is 15.8 Å². The molecule has 0 N–H and O–H groups in total. The average Bonchev–Trinajstić information content (AvgIpc) is 3.09. The van der Waals surface area contributed by atoms with E-state index in [4.69, 9.17) is 6.58 Å². The molecule has 4 rings (SSSR count). The number of allylic oxidation sites excluding steroid dienone is 1. The highest BCUT2D eigenvalue weighted by molar-refractivity contribution is 7.74. The van der Waals surface area contributed by atoms with E-state index in [1.54, 1.807) is 0 Å². The highest BCUT2D eigenvalue weighted by atomic mass is 31.1. The lowest BCUT2D eigenvalue weighted by Crippen LogP contribution is -2.27. The molecular formula is C60H90P2. The molecule has 0 nitrogen and oxygen atoms in total. The van der Waals surface area contributed by atoms with E-state index in [9.17, 15) is 0 Å². The molecule has 2 heteroatoms. The molecular weight excluding hydrogens is 783 g/mol. The Morgan fingerprint density at radius 3 is 0.516 bits per heavy atom. The smallest absolute Gasteiger partial charge is 0.00328 e. The molecule has 340 valence electrons. The van der Waals surface area contributed by atoms with Gasteiger partial charge in [0.05, 0.1) is 0 Å². The van der Waals surface area contributed by atoms with Crippen LogP contribution in [0.25, 0.3) is 0 Å². The van der Waals surface area contributed by atoms with Crippen LogP contribution in [0.5, 0.6) is 0 Å². The molecule has 0 amide bonds. The van der Waals surface area contributed by atoms with E-state index >= 15 is 0 Å². The van der Waals surface area contributed by atoms with E-state index in [0.29, 0.717) is 0 Å². The predicted octanol–water partition coefficient (Wildman–Crippen LogP) is 16.2. The second kappa shape index (κ2) is 17.7. The number of benzene rings is 4. The van der Waals surface area contributed by atoms with Gasteiger partial charge in [-0.1, -0.05) is 251 Å². The van der Waals surface area contributed by atoms with Crippen LogP contribution in [0.3, 0.4) is 0 Å². The second-order valence-corrected chi connectivity index (χ2v) is 31.4. The van der Waals surface area contributed by atoms with Crippen molar-refractivity contribution < 1.29 is 0 Å². The summed E-state index contributed by atoms with van der Waals surface area (Å²) < 4.78 is 0. The quantitative estimate of drug-likeness (QED) is 0.122. The zero-order chi connectivity index (χ0) is 47.6. The van der Waals surface area contributed by atoms with Gasteiger partial charge in [0, 0.05) is 0 Å². The van der Waals surface area contributed by atoms with Crippen LogP contribution in [0, 0.1) is 0 Å². The van der Waals surface area contributed by atoms with Gasteiger partial charge in [-0.3, -0.25) is 0 Å². The molecule has 0 unspecified atom stereocenters. The first-order valence-corrected chi connectivity index (χ1v) is 26.6. The van der Waals surface area contributed by atoms with Crippen LogP contribution in [-0.4, -0.2) is 12.3 Å². The Morgan fingerprint density at radius 2 is 0.403 bits per heavy atom. The summed E-state index contributed by atoms with van der Waals surface area (Å²) >= 11 is 0. The van der Waals surface area contributed by atoms with Crippen LogP contribution in [0.15, 0.2) is 84.9 Å². The first kappa shape index (κ1) is 52.1. The molecule has 0 saturated carbocycles. The summed E-state index contributed by atoms with van der Waals surface area (Å²) in [5.41, 5.74) is 12.9. The van der Waals surface area contributed by atoms with Gasteiger partial charge in [-0.15, -0.1) is 0 Å². The van der Waals surface area contributed by atoms with Gasteiger partial charge in [0.2, 0.25) is 0 Å². The maximum absolute atomic E-state index is 5.14. The Hall–Kier alpha value is -2.52. The lowest BCUT2D eigenvalue weighted by Gasteiger charge is -2.33. The molecule has 0 fully saturated rings. The lowest BCUT2D eigenvalue weighted by molar-refractivity contribution is 0.568. The molecule has 62 heavy (non-hydrogen) atoms. The van der Waals surface area contributed by atoms with Gasteiger partial charge in [0.1, 0.15) is 0 Å². The minimum Gasteiger partial charge on any atom is -0.0991 e. The van der Waals surface area contributed by atoms with Crippen molar-refractivity contribution in [3.8, 4) is 0 Å². The van der Waals surface area contributed by atoms with Gasteiger partial charge in [0.25, 0.3) is 0 Å². The summed E-state index contributed by atoms with van der Waals surface area (Å²) in [6.45, 7) is 62.1. The molecule has 0 heterocycles. The first-order valence-electron chi connectivity index (χ1n) is 23.5. The maximum Gasteiger partial charge on any atom is -0.00328 e. The molecule has 0 bridgehead atoms. The number of rotatable bonds is 8. The fourth-order valence-electron chi connectivity index (χ4n) is 7.69. The molecule has 0 aromatic heterocycles. The van der Waals surface area contributed by atoms with Gasteiger partial charge in [0.15, 0.2) is 0 Å². The van der Waals surface area contributed by atoms with Crippen molar-refractivity contribution in [2.75, 3.05) is 12.3 Å². The third-order valence-electron chi connectivity index (χ3n) is 12.6. The lowest BCUT2D eigenvalue weighted by atomic mass is 9.81. The van der Waals surface area contributed by atoms with Gasteiger partial charge in [-0.2, -0.15) is 0 Å². The van der Waals surface area contributed by atoms with Crippen LogP contribution in [0.1, 0.15) is 211 Å². The third-order valence-corrected chi connectivity index (χ3v) is 17.7. The second-order valence-electron chi connectivity index (χ2n) is 27.0. The molecule has 0 aliphatic carbocycles. The van der Waals surface area contributed by atoms with E-state index in [2.05, 4.69) is 239 Å². The number of hydrogen-bond donors (Lipinski definition) is 0. The number of hydrogen-bond acceptors (Lipinski definition) is 0. The average molecular weight is 873 g/mol. The van der Waals surface area contributed by atoms with Crippen molar-refractivity contribution in [3.63, 3.8) is 0 Å². The highest BCUT2D eigenvalue weighted by Gasteiger charge is 2.31. The maximum atomic E-state index is 5.14. The summed E-state index contributed by atoms with van der Waals surface area (Å²) in [5.74, 6) is 0. The van der Waals surface area contributed by atoms with Crippen LogP contribution < -0.4 is 21.2 Å².